The standard InChI is InChI=1S/C14H21ClN4O2/c1-9-12(15)10(2)19(18-9)8-11(20)17-14(13(16)21)6-4-3-5-7-14/h3-8H2,1-2H3,(H2,16,21)(H,17,20). The number of carbonyl (C=O) groups is 2. The summed E-state index contributed by atoms with van der Waals surface area (Å²) < 4.78 is 1.55. The number of aryl methyl sites for hydroxylation is 1. The van der Waals surface area contributed by atoms with Gasteiger partial charge in [0.05, 0.1) is 16.4 Å². The fourth-order valence-corrected chi connectivity index (χ4v) is 3.00. The molecule has 1 aromatic rings. The molecule has 21 heavy (non-hydrogen) atoms. The van der Waals surface area contributed by atoms with Gasteiger partial charge in [0, 0.05) is 0 Å². The van der Waals surface area contributed by atoms with E-state index in [1.54, 1.807) is 18.5 Å². The summed E-state index contributed by atoms with van der Waals surface area (Å²) in [6, 6.07) is 0. The molecule has 2 rings (SSSR count). The van der Waals surface area contributed by atoms with Gasteiger partial charge in [-0.25, -0.2) is 0 Å². The van der Waals surface area contributed by atoms with Crippen LogP contribution in [0.3, 0.4) is 0 Å². The zero-order valence-electron chi connectivity index (χ0n) is 12.4. The first-order valence-electron chi connectivity index (χ1n) is 7.16. The maximum absolute atomic E-state index is 12.2. The second-order valence-electron chi connectivity index (χ2n) is 5.70. The van der Waals surface area contributed by atoms with Crippen LogP contribution in [0.25, 0.3) is 0 Å². The molecule has 0 radical (unpaired) electrons. The van der Waals surface area contributed by atoms with E-state index < -0.39 is 11.4 Å². The van der Waals surface area contributed by atoms with Crippen molar-refractivity contribution in [3.05, 3.63) is 16.4 Å². The normalized spacial score (nSPS) is 17.5. The van der Waals surface area contributed by atoms with Crippen LogP contribution in [0.1, 0.15) is 43.5 Å². The predicted molar refractivity (Wildman–Crippen MR) is 79.9 cm³/mol. The highest BCUT2D eigenvalue weighted by Gasteiger charge is 2.39. The van der Waals surface area contributed by atoms with Gasteiger partial charge in [-0.15, -0.1) is 0 Å². The molecular formula is C14H21ClN4O2. The fourth-order valence-electron chi connectivity index (χ4n) is 2.86. The Labute approximate surface area is 129 Å². The van der Waals surface area contributed by atoms with Crippen molar-refractivity contribution in [2.45, 2.75) is 58.0 Å². The second-order valence-corrected chi connectivity index (χ2v) is 6.08. The van der Waals surface area contributed by atoms with Gasteiger partial charge in [-0.2, -0.15) is 5.10 Å². The van der Waals surface area contributed by atoms with Gasteiger partial charge >= 0.3 is 0 Å². The van der Waals surface area contributed by atoms with Crippen molar-refractivity contribution in [3.8, 4) is 0 Å². The van der Waals surface area contributed by atoms with Crippen molar-refractivity contribution in [2.75, 3.05) is 0 Å². The van der Waals surface area contributed by atoms with E-state index in [2.05, 4.69) is 10.4 Å². The molecule has 0 bridgehead atoms. The van der Waals surface area contributed by atoms with Crippen molar-refractivity contribution < 1.29 is 9.59 Å². The lowest BCUT2D eigenvalue weighted by Gasteiger charge is -2.35. The summed E-state index contributed by atoms with van der Waals surface area (Å²) in [6.45, 7) is 3.63. The largest absolute Gasteiger partial charge is 0.368 e. The maximum Gasteiger partial charge on any atom is 0.243 e. The van der Waals surface area contributed by atoms with Crippen molar-refractivity contribution >= 4 is 23.4 Å². The molecule has 2 amide bonds. The van der Waals surface area contributed by atoms with E-state index in [1.165, 1.54) is 0 Å². The van der Waals surface area contributed by atoms with E-state index in [1.807, 2.05) is 0 Å². The summed E-state index contributed by atoms with van der Waals surface area (Å²) in [4.78, 5) is 24.0. The van der Waals surface area contributed by atoms with Crippen LogP contribution in [0.15, 0.2) is 0 Å². The monoisotopic (exact) mass is 312 g/mol. The van der Waals surface area contributed by atoms with Crippen LogP contribution in [0.4, 0.5) is 0 Å². The molecule has 1 fully saturated rings. The summed E-state index contributed by atoms with van der Waals surface area (Å²) in [5, 5.41) is 7.60. The number of carbonyl (C=O) groups excluding carboxylic acids is 2. The van der Waals surface area contributed by atoms with E-state index in [-0.39, 0.29) is 12.5 Å². The first-order chi connectivity index (χ1) is 9.85. The summed E-state index contributed by atoms with van der Waals surface area (Å²) >= 11 is 6.06. The Kier molecular flexibility index (Phi) is 4.56. The number of hydrogen-bond donors (Lipinski definition) is 2. The molecule has 0 atom stereocenters. The summed E-state index contributed by atoms with van der Waals surface area (Å²) in [5.41, 5.74) is 6.02. The molecule has 1 heterocycles. The van der Waals surface area contributed by atoms with Gasteiger partial charge in [0.15, 0.2) is 0 Å². The number of nitrogens with two attached hydrogens (primary N) is 1. The second kappa shape index (κ2) is 6.05. The smallest absolute Gasteiger partial charge is 0.243 e. The zero-order chi connectivity index (χ0) is 15.6. The van der Waals surface area contributed by atoms with Gasteiger partial charge in [0.2, 0.25) is 11.8 Å². The average molecular weight is 313 g/mol. The molecule has 3 N–H and O–H groups in total. The molecule has 6 nitrogen and oxygen atoms in total. The van der Waals surface area contributed by atoms with E-state index in [4.69, 9.17) is 17.3 Å². The number of nitrogens with zero attached hydrogens (tertiary/aromatic N) is 2. The lowest BCUT2D eigenvalue weighted by atomic mass is 9.81. The Morgan fingerprint density at radius 3 is 2.43 bits per heavy atom. The number of primary amides is 1. The van der Waals surface area contributed by atoms with Crippen LogP contribution < -0.4 is 11.1 Å². The van der Waals surface area contributed by atoms with Crippen molar-refractivity contribution in [1.82, 2.24) is 15.1 Å². The molecule has 0 saturated heterocycles. The first kappa shape index (κ1) is 15.8. The lowest BCUT2D eigenvalue weighted by Crippen LogP contribution is -2.59. The molecule has 116 valence electrons. The molecule has 1 aromatic heterocycles. The Morgan fingerprint density at radius 1 is 1.33 bits per heavy atom. The van der Waals surface area contributed by atoms with Crippen LogP contribution in [-0.2, 0) is 16.1 Å². The molecule has 0 aliphatic heterocycles. The number of hydrogen-bond acceptors (Lipinski definition) is 3. The van der Waals surface area contributed by atoms with Crippen molar-refractivity contribution in [1.29, 1.82) is 0 Å². The SMILES string of the molecule is Cc1nn(CC(=O)NC2(C(N)=O)CCCCC2)c(C)c1Cl. The van der Waals surface area contributed by atoms with Crippen molar-refractivity contribution in [2.24, 2.45) is 5.73 Å². The van der Waals surface area contributed by atoms with Gasteiger partial charge in [0.25, 0.3) is 0 Å². The number of halogens is 1. The van der Waals surface area contributed by atoms with Gasteiger partial charge in [0.1, 0.15) is 12.1 Å². The highest BCUT2D eigenvalue weighted by Crippen LogP contribution is 2.28. The van der Waals surface area contributed by atoms with E-state index in [9.17, 15) is 9.59 Å². The molecular weight excluding hydrogens is 292 g/mol. The topological polar surface area (TPSA) is 90.0 Å². The third-order valence-corrected chi connectivity index (χ3v) is 4.69. The van der Waals surface area contributed by atoms with Crippen LogP contribution in [0.5, 0.6) is 0 Å². The lowest BCUT2D eigenvalue weighted by molar-refractivity contribution is -0.133. The molecule has 0 aromatic carbocycles. The zero-order valence-corrected chi connectivity index (χ0v) is 13.2. The minimum absolute atomic E-state index is 0.0361. The first-order valence-corrected chi connectivity index (χ1v) is 7.54. The summed E-state index contributed by atoms with van der Waals surface area (Å²) in [5.74, 6) is -0.722. The maximum atomic E-state index is 12.2. The average Bonchev–Trinajstić information content (AvgIpc) is 2.67. The van der Waals surface area contributed by atoms with Crippen LogP contribution >= 0.6 is 11.6 Å². The molecule has 1 aliphatic rings. The number of nitrogens with one attached hydrogen (secondary N) is 1. The van der Waals surface area contributed by atoms with E-state index in [0.29, 0.717) is 23.6 Å². The molecule has 7 heteroatoms. The minimum atomic E-state index is -0.908. The summed E-state index contributed by atoms with van der Waals surface area (Å²) in [6.07, 6.45) is 4.07. The van der Waals surface area contributed by atoms with Gasteiger partial charge in [-0.1, -0.05) is 30.9 Å². The Morgan fingerprint density at radius 2 is 1.95 bits per heavy atom. The Bertz CT molecular complexity index is 562. The molecule has 1 saturated carbocycles. The third-order valence-electron chi connectivity index (χ3n) is 4.14. The minimum Gasteiger partial charge on any atom is -0.368 e. The predicted octanol–water partition coefficient (Wildman–Crippen LogP) is 1.46. The summed E-state index contributed by atoms with van der Waals surface area (Å²) in [7, 11) is 0. The number of aromatic nitrogens is 2. The van der Waals surface area contributed by atoms with Gasteiger partial charge < -0.3 is 11.1 Å². The van der Waals surface area contributed by atoms with Gasteiger partial charge in [-0.3, -0.25) is 14.3 Å². The fraction of sp³-hybridized carbons (Fsp3) is 0.643. The van der Waals surface area contributed by atoms with Gasteiger partial charge in [-0.05, 0) is 26.7 Å². The highest BCUT2D eigenvalue weighted by atomic mass is 35.5. The van der Waals surface area contributed by atoms with Crippen LogP contribution in [0, 0.1) is 13.8 Å². The van der Waals surface area contributed by atoms with E-state index >= 15 is 0 Å². The number of rotatable bonds is 4. The Balaban J connectivity index is 2.09. The molecule has 0 unspecified atom stereocenters. The third kappa shape index (κ3) is 3.20. The molecule has 1 aliphatic carbocycles. The van der Waals surface area contributed by atoms with Crippen LogP contribution in [0.2, 0.25) is 5.02 Å². The number of amides is 2. The van der Waals surface area contributed by atoms with Crippen LogP contribution in [-0.4, -0.2) is 27.1 Å². The van der Waals surface area contributed by atoms with Crippen molar-refractivity contribution in [3.63, 3.8) is 0 Å². The quantitative estimate of drug-likeness (QED) is 0.882. The Hall–Kier alpha value is -1.56. The highest BCUT2D eigenvalue weighted by molar-refractivity contribution is 6.31. The molecule has 0 spiro atoms. The van der Waals surface area contributed by atoms with E-state index in [0.717, 1.165) is 25.0 Å².